The second-order valence-electron chi connectivity index (χ2n) is 5.69. The molecule has 6 heteroatoms. The van der Waals surface area contributed by atoms with E-state index in [9.17, 15) is 9.18 Å². The van der Waals surface area contributed by atoms with Gasteiger partial charge in [0.05, 0.1) is 17.5 Å². The van der Waals surface area contributed by atoms with E-state index in [0.717, 1.165) is 19.4 Å². The van der Waals surface area contributed by atoms with Crippen LogP contribution in [0, 0.1) is 5.82 Å². The summed E-state index contributed by atoms with van der Waals surface area (Å²) in [6, 6.07) is 6.86. The third kappa shape index (κ3) is 3.01. The predicted octanol–water partition coefficient (Wildman–Crippen LogP) is 2.09. The van der Waals surface area contributed by atoms with Crippen molar-refractivity contribution in [2.24, 2.45) is 0 Å². The van der Waals surface area contributed by atoms with Gasteiger partial charge in [-0.05, 0) is 38.4 Å². The van der Waals surface area contributed by atoms with E-state index in [4.69, 9.17) is 0 Å². The average molecular weight is 302 g/mol. The van der Waals surface area contributed by atoms with E-state index in [2.05, 4.69) is 27.8 Å². The molecule has 0 bridgehead atoms. The van der Waals surface area contributed by atoms with E-state index in [1.54, 1.807) is 18.2 Å². The fourth-order valence-corrected chi connectivity index (χ4v) is 2.85. The topological polar surface area (TPSA) is 69.8 Å². The number of amides is 1. The normalized spacial score (nSPS) is 21.5. The fourth-order valence-electron chi connectivity index (χ4n) is 2.85. The Labute approximate surface area is 128 Å². The Morgan fingerprint density at radius 1 is 1.41 bits per heavy atom. The SMILES string of the molecule is CC1CC(NC(=O)c2cn[nH]c2-c2ccccc2F)CCN1. The highest BCUT2D eigenvalue weighted by Crippen LogP contribution is 2.24. The lowest BCUT2D eigenvalue weighted by atomic mass is 10.00. The quantitative estimate of drug-likeness (QED) is 0.813. The van der Waals surface area contributed by atoms with Crippen LogP contribution in [0.5, 0.6) is 0 Å². The van der Waals surface area contributed by atoms with Crippen molar-refractivity contribution in [3.63, 3.8) is 0 Å². The van der Waals surface area contributed by atoms with Gasteiger partial charge in [0.15, 0.2) is 0 Å². The summed E-state index contributed by atoms with van der Waals surface area (Å²) in [4.78, 5) is 12.5. The Morgan fingerprint density at radius 3 is 3.00 bits per heavy atom. The molecule has 1 aliphatic rings. The smallest absolute Gasteiger partial charge is 0.255 e. The van der Waals surface area contributed by atoms with Gasteiger partial charge < -0.3 is 10.6 Å². The van der Waals surface area contributed by atoms with Gasteiger partial charge in [-0.25, -0.2) is 4.39 Å². The number of aromatic nitrogens is 2. The lowest BCUT2D eigenvalue weighted by Gasteiger charge is -2.28. The van der Waals surface area contributed by atoms with Gasteiger partial charge in [-0.15, -0.1) is 0 Å². The van der Waals surface area contributed by atoms with Gasteiger partial charge in [0, 0.05) is 17.6 Å². The van der Waals surface area contributed by atoms with Gasteiger partial charge in [-0.1, -0.05) is 12.1 Å². The van der Waals surface area contributed by atoms with Gasteiger partial charge in [0.2, 0.25) is 0 Å². The average Bonchev–Trinajstić information content (AvgIpc) is 2.97. The molecular formula is C16H19FN4O. The first kappa shape index (κ1) is 14.7. The van der Waals surface area contributed by atoms with E-state index in [1.165, 1.54) is 12.3 Å². The summed E-state index contributed by atoms with van der Waals surface area (Å²) in [7, 11) is 0. The summed E-state index contributed by atoms with van der Waals surface area (Å²) in [6.07, 6.45) is 3.23. The summed E-state index contributed by atoms with van der Waals surface area (Å²) >= 11 is 0. The van der Waals surface area contributed by atoms with Crippen LogP contribution in [0.1, 0.15) is 30.1 Å². The van der Waals surface area contributed by atoms with Crippen molar-refractivity contribution in [3.8, 4) is 11.3 Å². The third-order valence-corrected chi connectivity index (χ3v) is 3.99. The molecule has 2 aromatic rings. The van der Waals surface area contributed by atoms with Gasteiger partial charge in [0.1, 0.15) is 5.82 Å². The van der Waals surface area contributed by atoms with Crippen LogP contribution in [0.4, 0.5) is 4.39 Å². The number of benzene rings is 1. The van der Waals surface area contributed by atoms with Crippen LogP contribution >= 0.6 is 0 Å². The first-order valence-electron chi connectivity index (χ1n) is 7.47. The molecule has 2 atom stereocenters. The third-order valence-electron chi connectivity index (χ3n) is 3.99. The van der Waals surface area contributed by atoms with Gasteiger partial charge in [0.25, 0.3) is 5.91 Å². The van der Waals surface area contributed by atoms with Gasteiger partial charge in [-0.2, -0.15) is 5.10 Å². The van der Waals surface area contributed by atoms with Crippen molar-refractivity contribution in [1.29, 1.82) is 0 Å². The number of H-pyrrole nitrogens is 1. The Morgan fingerprint density at radius 2 is 2.23 bits per heavy atom. The Kier molecular flexibility index (Phi) is 4.20. The maximum absolute atomic E-state index is 13.9. The van der Waals surface area contributed by atoms with Crippen LogP contribution in [0.3, 0.4) is 0 Å². The molecule has 1 saturated heterocycles. The minimum Gasteiger partial charge on any atom is -0.349 e. The molecule has 116 valence electrons. The van der Waals surface area contributed by atoms with Crippen LogP contribution in [0.2, 0.25) is 0 Å². The monoisotopic (exact) mass is 302 g/mol. The number of nitrogens with zero attached hydrogens (tertiary/aromatic N) is 1. The number of carbonyl (C=O) groups is 1. The summed E-state index contributed by atoms with van der Waals surface area (Å²) in [6.45, 7) is 2.98. The highest BCUT2D eigenvalue weighted by molar-refractivity contribution is 5.99. The molecule has 0 radical (unpaired) electrons. The van der Waals surface area contributed by atoms with Crippen molar-refractivity contribution in [1.82, 2.24) is 20.8 Å². The minimum absolute atomic E-state index is 0.132. The molecule has 22 heavy (non-hydrogen) atoms. The first-order valence-corrected chi connectivity index (χ1v) is 7.47. The maximum Gasteiger partial charge on any atom is 0.255 e. The molecule has 1 amide bonds. The molecule has 1 aromatic heterocycles. The van der Waals surface area contributed by atoms with Crippen LogP contribution in [-0.2, 0) is 0 Å². The predicted molar refractivity (Wildman–Crippen MR) is 81.9 cm³/mol. The molecule has 1 aromatic carbocycles. The molecular weight excluding hydrogens is 283 g/mol. The molecule has 3 N–H and O–H groups in total. The molecule has 5 nitrogen and oxygen atoms in total. The van der Waals surface area contributed by atoms with Crippen molar-refractivity contribution >= 4 is 5.91 Å². The van der Waals surface area contributed by atoms with Crippen LogP contribution in [0.15, 0.2) is 30.5 Å². The Balaban J connectivity index is 1.80. The number of rotatable bonds is 3. The van der Waals surface area contributed by atoms with E-state index >= 15 is 0 Å². The summed E-state index contributed by atoms with van der Waals surface area (Å²) in [5, 5.41) is 13.0. The summed E-state index contributed by atoms with van der Waals surface area (Å²) < 4.78 is 13.9. The number of piperidine rings is 1. The molecule has 3 rings (SSSR count). The van der Waals surface area contributed by atoms with Crippen molar-refractivity contribution in [3.05, 3.63) is 41.8 Å². The zero-order valence-corrected chi connectivity index (χ0v) is 12.4. The fraction of sp³-hybridized carbons (Fsp3) is 0.375. The standard InChI is InChI=1S/C16H19FN4O/c1-10-8-11(6-7-18-10)20-16(22)13-9-19-21-15(13)12-4-2-3-5-14(12)17/h2-5,9-11,18H,6-8H2,1H3,(H,19,21)(H,20,22). The molecule has 0 spiro atoms. The molecule has 0 saturated carbocycles. The zero-order valence-electron chi connectivity index (χ0n) is 12.4. The van der Waals surface area contributed by atoms with Crippen molar-refractivity contribution in [2.45, 2.75) is 31.8 Å². The zero-order chi connectivity index (χ0) is 15.5. The van der Waals surface area contributed by atoms with Gasteiger partial charge in [-0.3, -0.25) is 9.89 Å². The number of aromatic amines is 1. The highest BCUT2D eigenvalue weighted by atomic mass is 19.1. The molecule has 1 fully saturated rings. The van der Waals surface area contributed by atoms with Crippen LogP contribution < -0.4 is 10.6 Å². The number of nitrogens with one attached hydrogen (secondary N) is 3. The Hall–Kier alpha value is -2.21. The van der Waals surface area contributed by atoms with E-state index in [0.29, 0.717) is 22.9 Å². The van der Waals surface area contributed by atoms with Gasteiger partial charge >= 0.3 is 0 Å². The second-order valence-corrected chi connectivity index (χ2v) is 5.69. The van der Waals surface area contributed by atoms with E-state index in [1.807, 2.05) is 0 Å². The lowest BCUT2D eigenvalue weighted by molar-refractivity contribution is 0.0926. The van der Waals surface area contributed by atoms with E-state index < -0.39 is 0 Å². The van der Waals surface area contributed by atoms with Crippen molar-refractivity contribution in [2.75, 3.05) is 6.54 Å². The molecule has 2 heterocycles. The molecule has 1 aliphatic heterocycles. The summed E-state index contributed by atoms with van der Waals surface area (Å²) in [5.41, 5.74) is 1.14. The minimum atomic E-state index is -0.378. The summed E-state index contributed by atoms with van der Waals surface area (Å²) in [5.74, 6) is -0.595. The highest BCUT2D eigenvalue weighted by Gasteiger charge is 2.23. The number of hydrogen-bond donors (Lipinski definition) is 3. The molecule has 2 unspecified atom stereocenters. The maximum atomic E-state index is 13.9. The Bertz CT molecular complexity index is 670. The second kappa shape index (κ2) is 6.27. The largest absolute Gasteiger partial charge is 0.349 e. The number of halogens is 1. The number of carbonyl (C=O) groups excluding carboxylic acids is 1. The first-order chi connectivity index (χ1) is 10.6. The van der Waals surface area contributed by atoms with Crippen molar-refractivity contribution < 1.29 is 9.18 Å². The lowest BCUT2D eigenvalue weighted by Crippen LogP contribution is -2.46. The van der Waals surface area contributed by atoms with E-state index in [-0.39, 0.29) is 17.8 Å². The molecule has 0 aliphatic carbocycles. The number of hydrogen-bond acceptors (Lipinski definition) is 3. The van der Waals surface area contributed by atoms with Crippen LogP contribution in [-0.4, -0.2) is 34.7 Å². The van der Waals surface area contributed by atoms with Crippen LogP contribution in [0.25, 0.3) is 11.3 Å².